The maximum Gasteiger partial charge on any atom is 0.226 e. The molecule has 4 atom stereocenters. The lowest BCUT2D eigenvalue weighted by atomic mass is 9.93. The first-order valence-electron chi connectivity index (χ1n) is 13.9. The van der Waals surface area contributed by atoms with Crippen molar-refractivity contribution in [3.05, 3.63) is 81.3 Å². The number of nitrogens with zero attached hydrogens (tertiary/aromatic N) is 6. The molecule has 2 unspecified atom stereocenters. The summed E-state index contributed by atoms with van der Waals surface area (Å²) in [6, 6.07) is 16.6. The van der Waals surface area contributed by atoms with Crippen molar-refractivity contribution in [1.82, 2.24) is 24.4 Å². The van der Waals surface area contributed by atoms with Crippen LogP contribution in [0.2, 0.25) is 15.3 Å². The first kappa shape index (κ1) is 27.7. The van der Waals surface area contributed by atoms with Gasteiger partial charge in [-0.1, -0.05) is 47.5 Å². The summed E-state index contributed by atoms with van der Waals surface area (Å²) in [5, 5.41) is 11.7. The van der Waals surface area contributed by atoms with Crippen LogP contribution in [0.3, 0.4) is 0 Å². The zero-order valence-corrected chi connectivity index (χ0v) is 24.9. The van der Waals surface area contributed by atoms with Crippen molar-refractivity contribution in [2.24, 2.45) is 5.92 Å². The molecule has 1 saturated heterocycles. The molecular formula is C30H33Cl3N6O. The number of halogens is 3. The van der Waals surface area contributed by atoms with E-state index in [0.717, 1.165) is 65.9 Å². The minimum absolute atomic E-state index is 0.0455. The molecule has 2 aromatic carbocycles. The summed E-state index contributed by atoms with van der Waals surface area (Å²) in [6.45, 7) is 6.80. The fraction of sp³-hybridized carbons (Fsp3) is 0.433. The molecule has 1 saturated carbocycles. The smallest absolute Gasteiger partial charge is 0.226 e. The number of aliphatic hydroxyl groups is 1. The molecule has 0 radical (unpaired) electrons. The Balaban J connectivity index is 1.30. The number of anilines is 1. The quantitative estimate of drug-likeness (QED) is 0.251. The first-order valence-corrected chi connectivity index (χ1v) is 15.0. The van der Waals surface area contributed by atoms with Crippen LogP contribution < -0.4 is 4.90 Å². The molecule has 0 spiro atoms. The topological polar surface area (TPSA) is 70.3 Å². The average molecular weight is 600 g/mol. The number of imidazole rings is 1. The predicted octanol–water partition coefficient (Wildman–Crippen LogP) is 6.64. The third kappa shape index (κ3) is 5.55. The highest BCUT2D eigenvalue weighted by atomic mass is 35.5. The largest absolute Gasteiger partial charge is 0.393 e. The molecule has 1 aliphatic carbocycles. The van der Waals surface area contributed by atoms with E-state index in [-0.39, 0.29) is 29.5 Å². The molecule has 10 heteroatoms. The third-order valence-electron chi connectivity index (χ3n) is 8.40. The minimum Gasteiger partial charge on any atom is -0.393 e. The number of rotatable bonds is 6. The number of fused-ring (bicyclic) bond motifs is 1. The molecule has 6 rings (SSSR count). The van der Waals surface area contributed by atoms with Crippen LogP contribution in [0.25, 0.3) is 11.2 Å². The number of hydrogen-bond acceptors (Lipinski definition) is 6. The summed E-state index contributed by atoms with van der Waals surface area (Å²) in [4.78, 5) is 18.9. The van der Waals surface area contributed by atoms with Crippen LogP contribution in [-0.4, -0.2) is 60.8 Å². The second-order valence-corrected chi connectivity index (χ2v) is 12.5. The van der Waals surface area contributed by atoms with Gasteiger partial charge in [0.2, 0.25) is 5.28 Å². The van der Waals surface area contributed by atoms with E-state index in [0.29, 0.717) is 5.92 Å². The maximum absolute atomic E-state index is 9.99. The van der Waals surface area contributed by atoms with Crippen LogP contribution in [-0.2, 0) is 6.54 Å². The fourth-order valence-corrected chi connectivity index (χ4v) is 6.82. The zero-order chi connectivity index (χ0) is 28.0. The van der Waals surface area contributed by atoms with Gasteiger partial charge in [0, 0.05) is 41.8 Å². The van der Waals surface area contributed by atoms with Gasteiger partial charge in [-0.2, -0.15) is 9.97 Å². The molecule has 40 heavy (non-hydrogen) atoms. The first-order chi connectivity index (χ1) is 19.3. The molecule has 0 bridgehead atoms. The molecule has 1 N–H and O–H groups in total. The van der Waals surface area contributed by atoms with E-state index in [2.05, 4.69) is 62.4 Å². The summed E-state index contributed by atoms with van der Waals surface area (Å²) in [5.74, 6) is 1.18. The SMILES string of the molecule is C[C@@H]1CN(c2nc(Cl)nc3c2ncn3CC2CCC(O)C2)[C@@H](C)CN1C(c1ccc(Cl)cc1)c1ccc(Cl)cc1. The molecule has 2 fully saturated rings. The molecule has 7 nitrogen and oxygen atoms in total. The summed E-state index contributed by atoms with van der Waals surface area (Å²) in [7, 11) is 0. The van der Waals surface area contributed by atoms with E-state index in [4.69, 9.17) is 39.8 Å². The lowest BCUT2D eigenvalue weighted by Crippen LogP contribution is -2.57. The van der Waals surface area contributed by atoms with E-state index >= 15 is 0 Å². The van der Waals surface area contributed by atoms with E-state index in [1.165, 1.54) is 11.1 Å². The molecule has 210 valence electrons. The number of aliphatic hydroxyl groups excluding tert-OH is 1. The van der Waals surface area contributed by atoms with Crippen molar-refractivity contribution < 1.29 is 5.11 Å². The van der Waals surface area contributed by atoms with Gasteiger partial charge in [-0.05, 0) is 86.0 Å². The van der Waals surface area contributed by atoms with E-state index in [9.17, 15) is 5.11 Å². The third-order valence-corrected chi connectivity index (χ3v) is 9.07. The number of aromatic nitrogens is 4. The number of hydrogen-bond donors (Lipinski definition) is 1. The van der Waals surface area contributed by atoms with Crippen molar-refractivity contribution in [3.63, 3.8) is 0 Å². The Morgan fingerprint density at radius 2 is 1.52 bits per heavy atom. The van der Waals surface area contributed by atoms with Crippen molar-refractivity contribution >= 4 is 51.8 Å². The van der Waals surface area contributed by atoms with Gasteiger partial charge in [0.25, 0.3) is 0 Å². The van der Waals surface area contributed by atoms with Crippen LogP contribution in [0, 0.1) is 5.92 Å². The average Bonchev–Trinajstić information content (AvgIpc) is 3.53. The van der Waals surface area contributed by atoms with E-state index in [1.807, 2.05) is 30.6 Å². The second kappa shape index (κ2) is 11.5. The molecule has 1 aliphatic heterocycles. The predicted molar refractivity (Wildman–Crippen MR) is 161 cm³/mol. The van der Waals surface area contributed by atoms with Gasteiger partial charge in [-0.25, -0.2) is 4.98 Å². The maximum atomic E-state index is 9.99. The van der Waals surface area contributed by atoms with Crippen molar-refractivity contribution in [3.8, 4) is 0 Å². The second-order valence-electron chi connectivity index (χ2n) is 11.3. The minimum atomic E-state index is -0.211. The Morgan fingerprint density at radius 3 is 2.12 bits per heavy atom. The summed E-state index contributed by atoms with van der Waals surface area (Å²) in [6.07, 6.45) is 4.29. The van der Waals surface area contributed by atoms with Gasteiger partial charge in [-0.3, -0.25) is 4.90 Å². The Kier molecular flexibility index (Phi) is 7.94. The lowest BCUT2D eigenvalue weighted by Gasteiger charge is -2.48. The summed E-state index contributed by atoms with van der Waals surface area (Å²) >= 11 is 19.0. The van der Waals surface area contributed by atoms with Crippen LogP contribution in [0.1, 0.15) is 50.3 Å². The molecular weight excluding hydrogens is 567 g/mol. The Hall–Kier alpha value is -2.42. The summed E-state index contributed by atoms with van der Waals surface area (Å²) in [5.41, 5.74) is 3.88. The molecule has 2 aromatic heterocycles. The summed E-state index contributed by atoms with van der Waals surface area (Å²) < 4.78 is 2.07. The van der Waals surface area contributed by atoms with Crippen molar-refractivity contribution in [2.75, 3.05) is 18.0 Å². The van der Waals surface area contributed by atoms with Crippen LogP contribution in [0.15, 0.2) is 54.9 Å². The number of piperazine rings is 1. The standard InChI is InChI=1S/C30H33Cl3N6O/c1-18-15-39(29-26-28(35-30(33)36-29)37(17-34-26)16-20-3-12-25(40)13-20)19(2)14-38(18)27(21-4-8-23(31)9-5-21)22-6-10-24(32)11-7-22/h4-11,17-20,25,27,40H,3,12-16H2,1-2H3/t18-,19+,20?,25?/m1/s1. The van der Waals surface area contributed by atoms with Crippen LogP contribution >= 0.6 is 34.8 Å². The highest BCUT2D eigenvalue weighted by molar-refractivity contribution is 6.30. The van der Waals surface area contributed by atoms with Gasteiger partial charge in [0.05, 0.1) is 18.5 Å². The highest BCUT2D eigenvalue weighted by Gasteiger charge is 2.37. The number of benzene rings is 2. The van der Waals surface area contributed by atoms with Crippen molar-refractivity contribution in [2.45, 2.75) is 63.9 Å². The molecule has 0 amide bonds. The normalized spacial score (nSPS) is 23.9. The Labute approximate surface area is 249 Å². The van der Waals surface area contributed by atoms with Gasteiger partial charge in [-0.15, -0.1) is 0 Å². The Bertz CT molecular complexity index is 1430. The monoisotopic (exact) mass is 598 g/mol. The van der Waals surface area contributed by atoms with Crippen LogP contribution in [0.5, 0.6) is 0 Å². The van der Waals surface area contributed by atoms with Gasteiger partial charge in [0.1, 0.15) is 0 Å². The molecule has 2 aliphatic rings. The van der Waals surface area contributed by atoms with Gasteiger partial charge in [0.15, 0.2) is 17.0 Å². The van der Waals surface area contributed by atoms with Crippen LogP contribution in [0.4, 0.5) is 5.82 Å². The Morgan fingerprint density at radius 1 is 0.875 bits per heavy atom. The zero-order valence-electron chi connectivity index (χ0n) is 22.6. The lowest BCUT2D eigenvalue weighted by molar-refractivity contribution is 0.129. The molecule has 3 heterocycles. The van der Waals surface area contributed by atoms with Gasteiger partial charge >= 0.3 is 0 Å². The van der Waals surface area contributed by atoms with E-state index in [1.54, 1.807) is 0 Å². The van der Waals surface area contributed by atoms with E-state index < -0.39 is 0 Å². The fourth-order valence-electron chi connectivity index (χ4n) is 6.40. The molecule has 4 aromatic rings. The highest BCUT2D eigenvalue weighted by Crippen LogP contribution is 2.37. The van der Waals surface area contributed by atoms with Gasteiger partial charge < -0.3 is 14.6 Å². The van der Waals surface area contributed by atoms with Crippen molar-refractivity contribution in [1.29, 1.82) is 0 Å².